The molecular weight excluding hydrogens is 485 g/mol. The van der Waals surface area contributed by atoms with E-state index < -0.39 is 40.2 Å². The molecular formula is C25H20F5N3O3. The number of benzene rings is 2. The number of carbonyl (C=O) groups is 1. The summed E-state index contributed by atoms with van der Waals surface area (Å²) in [6, 6.07) is 3.03. The van der Waals surface area contributed by atoms with Crippen LogP contribution in [0, 0.1) is 17.6 Å². The minimum atomic E-state index is -4.94. The van der Waals surface area contributed by atoms with E-state index in [1.165, 1.54) is 10.8 Å². The van der Waals surface area contributed by atoms with Crippen molar-refractivity contribution in [1.82, 2.24) is 9.55 Å². The van der Waals surface area contributed by atoms with Crippen LogP contribution in [0.1, 0.15) is 31.7 Å². The Morgan fingerprint density at radius 1 is 1.17 bits per heavy atom. The van der Waals surface area contributed by atoms with Gasteiger partial charge in [-0.3, -0.25) is 9.36 Å². The van der Waals surface area contributed by atoms with Gasteiger partial charge < -0.3 is 10.1 Å². The second-order valence-electron chi connectivity index (χ2n) is 9.07. The maximum absolute atomic E-state index is 14.7. The second kappa shape index (κ2) is 8.72. The third-order valence-electron chi connectivity index (χ3n) is 6.31. The van der Waals surface area contributed by atoms with Crippen molar-refractivity contribution in [1.29, 1.82) is 0 Å². The number of ketones is 1. The average molecular weight is 505 g/mol. The van der Waals surface area contributed by atoms with Crippen LogP contribution in [0.4, 0.5) is 27.8 Å². The molecule has 1 N–H and O–H groups in total. The molecule has 1 aromatic heterocycles. The zero-order valence-electron chi connectivity index (χ0n) is 19.0. The summed E-state index contributed by atoms with van der Waals surface area (Å²) in [5, 5.41) is 2.75. The third kappa shape index (κ3) is 4.22. The fraction of sp³-hybridized carbons (Fsp3) is 0.320. The van der Waals surface area contributed by atoms with Crippen molar-refractivity contribution >= 4 is 22.5 Å². The highest BCUT2D eigenvalue weighted by Crippen LogP contribution is 2.48. The molecule has 0 saturated heterocycles. The molecule has 0 amide bonds. The Balaban J connectivity index is 1.77. The van der Waals surface area contributed by atoms with Crippen LogP contribution >= 0.6 is 0 Å². The molecule has 188 valence electrons. The van der Waals surface area contributed by atoms with E-state index in [2.05, 4.69) is 10.3 Å². The monoisotopic (exact) mass is 505 g/mol. The number of aromatic nitrogens is 2. The predicted molar refractivity (Wildman–Crippen MR) is 122 cm³/mol. The lowest BCUT2D eigenvalue weighted by Crippen LogP contribution is -2.30. The smallest absolute Gasteiger partial charge is 0.417 e. The lowest BCUT2D eigenvalue weighted by molar-refractivity contribution is -0.137. The van der Waals surface area contributed by atoms with Crippen molar-refractivity contribution in [2.24, 2.45) is 5.92 Å². The van der Waals surface area contributed by atoms with Crippen LogP contribution in [0.15, 0.2) is 40.8 Å². The number of nitrogens with one attached hydrogen (secondary N) is 1. The SMILES string of the molecule is CC1CC(=O)C/C(=C\Nc2nc(=O)n3c4c(c(-c5ccc(F)cc5F)c(C(F)(F)F)cc24)OCC3)C1. The Hall–Kier alpha value is -3.76. The summed E-state index contributed by atoms with van der Waals surface area (Å²) in [5.41, 5.74) is -2.33. The first-order chi connectivity index (χ1) is 17.0. The molecule has 1 atom stereocenters. The fourth-order valence-corrected chi connectivity index (χ4v) is 4.87. The lowest BCUT2D eigenvalue weighted by Gasteiger charge is -2.26. The van der Waals surface area contributed by atoms with E-state index in [1.807, 2.05) is 6.92 Å². The van der Waals surface area contributed by atoms with Crippen LogP contribution in [0.3, 0.4) is 0 Å². The number of allylic oxidation sites excluding steroid dienone is 1. The normalized spacial score (nSPS) is 19.0. The Labute approximate surface area is 201 Å². The summed E-state index contributed by atoms with van der Waals surface area (Å²) in [4.78, 5) is 28.7. The van der Waals surface area contributed by atoms with Crippen LogP contribution in [-0.4, -0.2) is 21.9 Å². The summed E-state index contributed by atoms with van der Waals surface area (Å²) < 4.78 is 77.8. The summed E-state index contributed by atoms with van der Waals surface area (Å²) >= 11 is 0. The van der Waals surface area contributed by atoms with Gasteiger partial charge in [0.05, 0.1) is 17.6 Å². The van der Waals surface area contributed by atoms with E-state index in [9.17, 15) is 31.5 Å². The summed E-state index contributed by atoms with van der Waals surface area (Å²) in [6.07, 6.45) is -2.19. The molecule has 36 heavy (non-hydrogen) atoms. The zero-order valence-corrected chi connectivity index (χ0v) is 19.0. The highest BCUT2D eigenvalue weighted by Gasteiger charge is 2.39. The molecule has 11 heteroatoms. The van der Waals surface area contributed by atoms with Crippen LogP contribution in [0.2, 0.25) is 0 Å². The van der Waals surface area contributed by atoms with Gasteiger partial charge in [-0.1, -0.05) is 6.92 Å². The van der Waals surface area contributed by atoms with Crippen molar-refractivity contribution in [2.75, 3.05) is 11.9 Å². The number of hydrogen-bond acceptors (Lipinski definition) is 5. The van der Waals surface area contributed by atoms with E-state index in [4.69, 9.17) is 4.74 Å². The Morgan fingerprint density at radius 3 is 2.64 bits per heavy atom. The van der Waals surface area contributed by atoms with Crippen LogP contribution in [-0.2, 0) is 17.5 Å². The minimum absolute atomic E-state index is 0.0157. The number of alkyl halides is 3. The number of nitrogens with zero attached hydrogens (tertiary/aromatic N) is 2. The van der Waals surface area contributed by atoms with Crippen molar-refractivity contribution < 1.29 is 31.5 Å². The number of hydrogen-bond donors (Lipinski definition) is 1. The first-order valence-electron chi connectivity index (χ1n) is 11.3. The van der Waals surface area contributed by atoms with E-state index in [0.717, 1.165) is 23.8 Å². The molecule has 1 saturated carbocycles. The van der Waals surface area contributed by atoms with Gasteiger partial charge in [0, 0.05) is 41.6 Å². The van der Waals surface area contributed by atoms with E-state index in [1.54, 1.807) is 0 Å². The minimum Gasteiger partial charge on any atom is -0.489 e. The van der Waals surface area contributed by atoms with Crippen molar-refractivity contribution in [2.45, 2.75) is 38.9 Å². The van der Waals surface area contributed by atoms with E-state index in [-0.39, 0.29) is 53.7 Å². The molecule has 1 fully saturated rings. The zero-order chi connectivity index (χ0) is 25.8. The fourth-order valence-electron chi connectivity index (χ4n) is 4.87. The molecule has 2 aromatic carbocycles. The Kier molecular flexibility index (Phi) is 5.80. The largest absolute Gasteiger partial charge is 0.489 e. The first-order valence-corrected chi connectivity index (χ1v) is 11.3. The first kappa shape index (κ1) is 24.0. The van der Waals surface area contributed by atoms with Crippen LogP contribution in [0.25, 0.3) is 22.0 Å². The summed E-state index contributed by atoms with van der Waals surface area (Å²) in [5.74, 6) is -2.47. The van der Waals surface area contributed by atoms with Gasteiger partial charge in [-0.25, -0.2) is 13.6 Å². The Bertz CT molecular complexity index is 1490. The molecule has 1 aliphatic carbocycles. The van der Waals surface area contributed by atoms with Gasteiger partial charge in [-0.05, 0) is 36.1 Å². The topological polar surface area (TPSA) is 73.2 Å². The van der Waals surface area contributed by atoms with Crippen molar-refractivity contribution in [3.05, 3.63) is 63.7 Å². The van der Waals surface area contributed by atoms with Gasteiger partial charge in [-0.15, -0.1) is 0 Å². The maximum Gasteiger partial charge on any atom is 0.417 e. The quantitative estimate of drug-likeness (QED) is 0.480. The highest BCUT2D eigenvalue weighted by atomic mass is 19.4. The average Bonchev–Trinajstić information content (AvgIpc) is 2.79. The summed E-state index contributed by atoms with van der Waals surface area (Å²) in [6.45, 7) is 1.80. The van der Waals surface area contributed by atoms with Gasteiger partial charge in [0.2, 0.25) is 0 Å². The molecule has 3 aromatic rings. The molecule has 2 heterocycles. The van der Waals surface area contributed by atoms with Gasteiger partial charge in [0.15, 0.2) is 5.75 Å². The van der Waals surface area contributed by atoms with Crippen molar-refractivity contribution in [3.63, 3.8) is 0 Å². The van der Waals surface area contributed by atoms with Crippen LogP contribution in [0.5, 0.6) is 5.75 Å². The number of Topliss-reactive ketones (excluding diaryl/α,β-unsaturated/α-hetero) is 1. The number of rotatable bonds is 3. The van der Waals surface area contributed by atoms with Crippen molar-refractivity contribution in [3.8, 4) is 16.9 Å². The van der Waals surface area contributed by atoms with Gasteiger partial charge in [-0.2, -0.15) is 18.2 Å². The lowest BCUT2D eigenvalue weighted by atomic mass is 9.86. The molecule has 1 aliphatic heterocycles. The third-order valence-corrected chi connectivity index (χ3v) is 6.31. The molecule has 0 bridgehead atoms. The number of carbonyl (C=O) groups excluding carboxylic acids is 1. The van der Waals surface area contributed by atoms with Gasteiger partial charge >= 0.3 is 11.9 Å². The second-order valence-corrected chi connectivity index (χ2v) is 9.07. The summed E-state index contributed by atoms with van der Waals surface area (Å²) in [7, 11) is 0. The van der Waals surface area contributed by atoms with E-state index in [0.29, 0.717) is 18.9 Å². The van der Waals surface area contributed by atoms with Crippen LogP contribution < -0.4 is 15.7 Å². The standard InChI is InChI=1S/C25H20F5N3O3/c1-12-6-13(8-15(34)7-12)11-31-23-17-10-18(25(28,29)30)20(16-3-2-14(26)9-19(16)27)22-21(17)33(4-5-36-22)24(35)32-23/h2-3,9-12H,4-8H2,1H3,(H,31,32,35)/b13-11-. The van der Waals surface area contributed by atoms with Gasteiger partial charge in [0.25, 0.3) is 0 Å². The van der Waals surface area contributed by atoms with Gasteiger partial charge in [0.1, 0.15) is 29.8 Å². The highest BCUT2D eigenvalue weighted by molar-refractivity contribution is 6.00. The molecule has 2 aliphatic rings. The maximum atomic E-state index is 14.7. The molecule has 6 nitrogen and oxygen atoms in total. The number of ether oxygens (including phenoxy) is 1. The molecule has 0 spiro atoms. The van der Waals surface area contributed by atoms with E-state index >= 15 is 0 Å². The number of halogens is 5. The molecule has 5 rings (SSSR count). The number of anilines is 1. The predicted octanol–water partition coefficient (Wildman–Crippen LogP) is 5.44. The molecule has 1 unspecified atom stereocenters. The molecule has 0 radical (unpaired) electrons. The Morgan fingerprint density at radius 2 is 1.94 bits per heavy atom.